The fourth-order valence-electron chi connectivity index (χ4n) is 4.44. The van der Waals surface area contributed by atoms with Gasteiger partial charge in [0.2, 0.25) is 9.84 Å². The summed E-state index contributed by atoms with van der Waals surface area (Å²) in [6.45, 7) is 12.6. The Hall–Kier alpha value is -3.57. The van der Waals surface area contributed by atoms with E-state index in [4.69, 9.17) is 9.47 Å². The van der Waals surface area contributed by atoms with Gasteiger partial charge in [0.05, 0.1) is 9.79 Å². The number of ether oxygens (including phenoxy) is 2. The first-order chi connectivity index (χ1) is 18.4. The molecule has 4 aromatic carbocycles. The summed E-state index contributed by atoms with van der Waals surface area (Å²) >= 11 is 0. The lowest BCUT2D eigenvalue weighted by Crippen LogP contribution is -2.22. The van der Waals surface area contributed by atoms with Gasteiger partial charge >= 0.3 is 0 Å². The van der Waals surface area contributed by atoms with Crippen molar-refractivity contribution in [1.29, 1.82) is 0 Å². The van der Waals surface area contributed by atoms with Crippen LogP contribution in [-0.4, -0.2) is 14.0 Å². The van der Waals surface area contributed by atoms with Gasteiger partial charge in [-0.3, -0.25) is 0 Å². The molecule has 0 atom stereocenters. The van der Waals surface area contributed by atoms with Crippen molar-refractivity contribution in [2.24, 2.45) is 0 Å². The monoisotopic (exact) mass is 542 g/mol. The Labute approximate surface area is 233 Å². The lowest BCUT2D eigenvalue weighted by Gasteiger charge is -2.27. The molecule has 0 bridgehead atoms. The van der Waals surface area contributed by atoms with E-state index < -0.39 is 9.84 Å². The second kappa shape index (κ2) is 11.3. The summed E-state index contributed by atoms with van der Waals surface area (Å²) in [4.78, 5) is 0.536. The van der Waals surface area contributed by atoms with E-state index in [0.717, 1.165) is 35.3 Å². The lowest BCUT2D eigenvalue weighted by atomic mass is 9.78. The van der Waals surface area contributed by atoms with Gasteiger partial charge in [0.25, 0.3) is 0 Å². The minimum atomic E-state index is -3.62. The Kier molecular flexibility index (Phi) is 8.22. The van der Waals surface area contributed by atoms with E-state index in [1.807, 2.05) is 81.4 Å². The SMILES string of the molecule is CCC(C)(CC)c1ccc(S(=O)(=O)c2ccc(Oc3ccc(-c4ccc(OC(C)(C)C)cc4)cc3)cc2)cc1. The first-order valence-corrected chi connectivity index (χ1v) is 14.9. The van der Waals surface area contributed by atoms with Gasteiger partial charge in [0, 0.05) is 0 Å². The van der Waals surface area contributed by atoms with Crippen LogP contribution in [0.25, 0.3) is 11.1 Å². The molecule has 0 spiro atoms. The van der Waals surface area contributed by atoms with Crippen LogP contribution in [0.5, 0.6) is 17.2 Å². The van der Waals surface area contributed by atoms with Crippen molar-refractivity contribution in [2.75, 3.05) is 0 Å². The molecular formula is C34H38O4S. The number of rotatable bonds is 9. The van der Waals surface area contributed by atoms with E-state index in [2.05, 4.69) is 20.8 Å². The van der Waals surface area contributed by atoms with Crippen LogP contribution in [0.1, 0.15) is 59.9 Å². The molecule has 0 aliphatic carbocycles. The summed E-state index contributed by atoms with van der Waals surface area (Å²) in [5.74, 6) is 2.08. The van der Waals surface area contributed by atoms with E-state index in [1.165, 1.54) is 0 Å². The Morgan fingerprint density at radius 2 is 0.949 bits per heavy atom. The standard InChI is InChI=1S/C34H38O4S/c1-7-34(6,8-2)27-13-21-31(22-14-27)39(35,36)32-23-19-29(20-24-32)37-28-15-9-25(10-16-28)26-11-17-30(18-12-26)38-33(3,4)5/h9-24H,7-8H2,1-6H3. The Balaban J connectivity index is 1.43. The molecule has 4 rings (SSSR count). The van der Waals surface area contributed by atoms with E-state index in [-0.39, 0.29) is 15.9 Å². The molecule has 4 nitrogen and oxygen atoms in total. The van der Waals surface area contributed by atoms with Crippen molar-refractivity contribution < 1.29 is 17.9 Å². The molecule has 0 N–H and O–H groups in total. The predicted octanol–water partition coefficient (Wildman–Crippen LogP) is 9.23. The second-order valence-electron chi connectivity index (χ2n) is 11.1. The number of benzene rings is 4. The summed E-state index contributed by atoms with van der Waals surface area (Å²) in [5, 5.41) is 0. The summed E-state index contributed by atoms with van der Waals surface area (Å²) < 4.78 is 38.3. The molecule has 0 radical (unpaired) electrons. The molecule has 0 aromatic heterocycles. The Morgan fingerprint density at radius 3 is 1.36 bits per heavy atom. The highest BCUT2D eigenvalue weighted by Gasteiger charge is 2.24. The highest BCUT2D eigenvalue weighted by molar-refractivity contribution is 7.91. The minimum absolute atomic E-state index is 0.0468. The highest BCUT2D eigenvalue weighted by Crippen LogP contribution is 2.33. The zero-order valence-electron chi connectivity index (χ0n) is 23.7. The van der Waals surface area contributed by atoms with Crippen molar-refractivity contribution >= 4 is 9.84 Å². The summed E-state index contributed by atoms with van der Waals surface area (Å²) in [6.07, 6.45) is 2.00. The van der Waals surface area contributed by atoms with Crippen molar-refractivity contribution in [3.05, 3.63) is 103 Å². The summed E-state index contributed by atoms with van der Waals surface area (Å²) in [7, 11) is -3.62. The average molecular weight is 543 g/mol. The van der Waals surface area contributed by atoms with Gasteiger partial charge in [-0.25, -0.2) is 8.42 Å². The van der Waals surface area contributed by atoms with Gasteiger partial charge in [0.15, 0.2) is 0 Å². The third-order valence-corrected chi connectivity index (χ3v) is 9.04. The van der Waals surface area contributed by atoms with E-state index >= 15 is 0 Å². The third kappa shape index (κ3) is 6.72. The van der Waals surface area contributed by atoms with Crippen LogP contribution < -0.4 is 9.47 Å². The quantitative estimate of drug-likeness (QED) is 0.211. The average Bonchev–Trinajstić information content (AvgIpc) is 2.93. The van der Waals surface area contributed by atoms with Crippen molar-refractivity contribution in [3.8, 4) is 28.4 Å². The predicted molar refractivity (Wildman–Crippen MR) is 159 cm³/mol. The molecule has 39 heavy (non-hydrogen) atoms. The molecule has 4 aromatic rings. The molecule has 0 fully saturated rings. The van der Waals surface area contributed by atoms with E-state index in [9.17, 15) is 8.42 Å². The van der Waals surface area contributed by atoms with Gasteiger partial charge in [-0.1, -0.05) is 57.2 Å². The molecule has 0 aliphatic heterocycles. The summed E-state index contributed by atoms with van der Waals surface area (Å²) in [6, 6.07) is 29.7. The molecule has 0 heterocycles. The van der Waals surface area contributed by atoms with Crippen LogP contribution in [-0.2, 0) is 15.3 Å². The Morgan fingerprint density at radius 1 is 0.564 bits per heavy atom. The second-order valence-corrected chi connectivity index (χ2v) is 13.1. The maximum Gasteiger partial charge on any atom is 0.206 e. The third-order valence-electron chi connectivity index (χ3n) is 7.26. The fraction of sp³-hybridized carbons (Fsp3) is 0.294. The normalized spacial score (nSPS) is 12.3. The topological polar surface area (TPSA) is 52.6 Å². The van der Waals surface area contributed by atoms with Crippen molar-refractivity contribution in [1.82, 2.24) is 0 Å². The summed E-state index contributed by atoms with van der Waals surface area (Å²) in [5.41, 5.74) is 3.12. The van der Waals surface area contributed by atoms with Gasteiger partial charge in [-0.05, 0) is 116 Å². The first-order valence-electron chi connectivity index (χ1n) is 13.5. The van der Waals surface area contributed by atoms with Gasteiger partial charge in [0.1, 0.15) is 22.8 Å². The molecule has 204 valence electrons. The number of sulfone groups is 1. The molecule has 0 amide bonds. The van der Waals surface area contributed by atoms with Crippen LogP contribution in [0.15, 0.2) is 107 Å². The number of hydrogen-bond acceptors (Lipinski definition) is 4. The van der Waals surface area contributed by atoms with Crippen LogP contribution in [0, 0.1) is 0 Å². The smallest absolute Gasteiger partial charge is 0.206 e. The maximum atomic E-state index is 13.2. The van der Waals surface area contributed by atoms with Gasteiger partial charge in [-0.2, -0.15) is 0 Å². The number of hydrogen-bond donors (Lipinski definition) is 0. The van der Waals surface area contributed by atoms with Crippen molar-refractivity contribution in [3.63, 3.8) is 0 Å². The molecule has 0 saturated carbocycles. The molecular weight excluding hydrogens is 504 g/mol. The highest BCUT2D eigenvalue weighted by atomic mass is 32.2. The lowest BCUT2D eigenvalue weighted by molar-refractivity contribution is 0.131. The molecule has 0 aliphatic rings. The van der Waals surface area contributed by atoms with Crippen molar-refractivity contribution in [2.45, 2.75) is 75.2 Å². The van der Waals surface area contributed by atoms with Gasteiger partial charge in [-0.15, -0.1) is 0 Å². The maximum absolute atomic E-state index is 13.2. The fourth-order valence-corrected chi connectivity index (χ4v) is 5.70. The molecule has 0 unspecified atom stereocenters. The minimum Gasteiger partial charge on any atom is -0.488 e. The van der Waals surface area contributed by atoms with Crippen LogP contribution in [0.2, 0.25) is 0 Å². The molecule has 0 saturated heterocycles. The molecule has 5 heteroatoms. The first kappa shape index (κ1) is 28.4. The van der Waals surface area contributed by atoms with Crippen LogP contribution in [0.3, 0.4) is 0 Å². The zero-order valence-corrected chi connectivity index (χ0v) is 24.5. The van der Waals surface area contributed by atoms with E-state index in [0.29, 0.717) is 16.4 Å². The Bertz CT molecular complexity index is 1470. The van der Waals surface area contributed by atoms with E-state index in [1.54, 1.807) is 36.4 Å². The largest absolute Gasteiger partial charge is 0.488 e. The zero-order chi connectivity index (χ0) is 28.3. The van der Waals surface area contributed by atoms with Crippen LogP contribution >= 0.6 is 0 Å². The van der Waals surface area contributed by atoms with Gasteiger partial charge < -0.3 is 9.47 Å². The van der Waals surface area contributed by atoms with Crippen LogP contribution in [0.4, 0.5) is 0 Å².